The lowest BCUT2D eigenvalue weighted by molar-refractivity contribution is -0.0742. The number of carbonyl (C=O) groups excluding carboxylic acids is 1. The highest BCUT2D eigenvalue weighted by atomic mass is 32.1. The summed E-state index contributed by atoms with van der Waals surface area (Å²) in [5, 5.41) is 9.21. The zero-order valence-corrected chi connectivity index (χ0v) is 14.2. The van der Waals surface area contributed by atoms with Gasteiger partial charge in [-0.3, -0.25) is 4.79 Å². The van der Waals surface area contributed by atoms with E-state index in [-0.39, 0.29) is 18.1 Å². The number of ether oxygens (including phenoxy) is 2. The largest absolute Gasteiger partial charge is 0.379 e. The van der Waals surface area contributed by atoms with Gasteiger partial charge in [-0.2, -0.15) is 5.10 Å². The molecule has 3 aromatic heterocycles. The van der Waals surface area contributed by atoms with E-state index in [1.165, 1.54) is 11.3 Å². The van der Waals surface area contributed by atoms with E-state index < -0.39 is 0 Å². The van der Waals surface area contributed by atoms with Crippen LogP contribution in [0.25, 0.3) is 5.65 Å². The number of aromatic nitrogens is 4. The normalized spacial score (nSPS) is 20.6. The summed E-state index contributed by atoms with van der Waals surface area (Å²) in [5.74, 6) is -0.236. The summed E-state index contributed by atoms with van der Waals surface area (Å²) < 4.78 is 13.0. The molecular weight excluding hydrogens is 342 g/mol. The number of amides is 1. The van der Waals surface area contributed by atoms with Crippen molar-refractivity contribution < 1.29 is 14.3 Å². The number of carbonyl (C=O) groups is 1. The van der Waals surface area contributed by atoms with E-state index in [1.54, 1.807) is 34.6 Å². The molecule has 4 rings (SSSR count). The lowest BCUT2D eigenvalue weighted by Crippen LogP contribution is -2.50. The molecule has 0 bridgehead atoms. The van der Waals surface area contributed by atoms with Gasteiger partial charge in [-0.1, -0.05) is 0 Å². The molecule has 2 unspecified atom stereocenters. The molecule has 0 aromatic carbocycles. The summed E-state index contributed by atoms with van der Waals surface area (Å²) in [6, 6.07) is 3.31. The SMILES string of the molecule is O=C(NC1CCOCC1OCc1cscn1)c1cc2ncccn2n1. The van der Waals surface area contributed by atoms with Crippen LogP contribution in [0.2, 0.25) is 0 Å². The van der Waals surface area contributed by atoms with Crippen LogP contribution in [0.5, 0.6) is 0 Å². The van der Waals surface area contributed by atoms with Crippen LogP contribution in [0, 0.1) is 0 Å². The predicted octanol–water partition coefficient (Wildman–Crippen LogP) is 1.29. The Morgan fingerprint density at radius 1 is 1.48 bits per heavy atom. The van der Waals surface area contributed by atoms with Crippen LogP contribution in [-0.4, -0.2) is 50.8 Å². The Kier molecular flexibility index (Phi) is 4.68. The first-order chi connectivity index (χ1) is 12.3. The standard InChI is InChI=1S/C16H17N5O3S/c22-16(13-6-15-17-3-1-4-21(15)20-13)19-12-2-5-23-8-14(12)24-7-11-9-25-10-18-11/h1,3-4,6,9-10,12,14H,2,5,7-8H2,(H,19,22). The fourth-order valence-corrected chi connectivity index (χ4v) is 3.27. The highest BCUT2D eigenvalue weighted by Crippen LogP contribution is 2.15. The molecule has 9 heteroatoms. The van der Waals surface area contributed by atoms with Gasteiger partial charge in [0.25, 0.3) is 5.91 Å². The Morgan fingerprint density at radius 3 is 3.28 bits per heavy atom. The molecule has 1 fully saturated rings. The number of nitrogens with zero attached hydrogens (tertiary/aromatic N) is 4. The molecule has 8 nitrogen and oxygen atoms in total. The molecular formula is C16H17N5O3S. The summed E-state index contributed by atoms with van der Waals surface area (Å²) in [6.45, 7) is 1.44. The third kappa shape index (κ3) is 3.68. The van der Waals surface area contributed by atoms with Gasteiger partial charge in [0, 0.05) is 30.4 Å². The molecule has 25 heavy (non-hydrogen) atoms. The van der Waals surface area contributed by atoms with Gasteiger partial charge in [0.1, 0.15) is 6.10 Å². The van der Waals surface area contributed by atoms with Gasteiger partial charge >= 0.3 is 0 Å². The molecule has 1 aliphatic rings. The maximum Gasteiger partial charge on any atom is 0.272 e. The molecule has 1 aliphatic heterocycles. The molecule has 1 saturated heterocycles. The van der Waals surface area contributed by atoms with Gasteiger partial charge in [0.2, 0.25) is 0 Å². The zero-order chi connectivity index (χ0) is 17.1. The van der Waals surface area contributed by atoms with Crippen molar-refractivity contribution in [3.63, 3.8) is 0 Å². The van der Waals surface area contributed by atoms with Crippen molar-refractivity contribution >= 4 is 22.9 Å². The van der Waals surface area contributed by atoms with Crippen LogP contribution < -0.4 is 5.32 Å². The molecule has 0 saturated carbocycles. The second kappa shape index (κ2) is 7.26. The van der Waals surface area contributed by atoms with Gasteiger partial charge < -0.3 is 14.8 Å². The number of hydrogen-bond acceptors (Lipinski definition) is 7. The average molecular weight is 359 g/mol. The Labute approximate surface area is 147 Å². The van der Waals surface area contributed by atoms with Gasteiger partial charge in [-0.25, -0.2) is 14.5 Å². The molecule has 3 aromatic rings. The Balaban J connectivity index is 1.42. The summed E-state index contributed by atoms with van der Waals surface area (Å²) in [7, 11) is 0. The number of hydrogen-bond donors (Lipinski definition) is 1. The van der Waals surface area contributed by atoms with Crippen molar-refractivity contribution in [1.29, 1.82) is 0 Å². The summed E-state index contributed by atoms with van der Waals surface area (Å²) in [4.78, 5) is 20.9. The van der Waals surface area contributed by atoms with E-state index >= 15 is 0 Å². The predicted molar refractivity (Wildman–Crippen MR) is 90.4 cm³/mol. The quantitative estimate of drug-likeness (QED) is 0.738. The second-order valence-electron chi connectivity index (χ2n) is 5.72. The van der Waals surface area contributed by atoms with Gasteiger partial charge in [-0.15, -0.1) is 11.3 Å². The smallest absolute Gasteiger partial charge is 0.272 e. The van der Waals surface area contributed by atoms with Crippen LogP contribution in [-0.2, 0) is 16.1 Å². The van der Waals surface area contributed by atoms with Crippen molar-refractivity contribution in [2.45, 2.75) is 25.2 Å². The van der Waals surface area contributed by atoms with E-state index in [9.17, 15) is 4.79 Å². The molecule has 0 aliphatic carbocycles. The van der Waals surface area contributed by atoms with E-state index in [4.69, 9.17) is 9.47 Å². The lowest BCUT2D eigenvalue weighted by atomic mass is 10.1. The number of nitrogens with one attached hydrogen (secondary N) is 1. The number of rotatable bonds is 5. The minimum Gasteiger partial charge on any atom is -0.379 e. The molecule has 2 atom stereocenters. The maximum absolute atomic E-state index is 12.5. The van der Waals surface area contributed by atoms with E-state index in [1.807, 2.05) is 5.38 Å². The Morgan fingerprint density at radius 2 is 2.44 bits per heavy atom. The van der Waals surface area contributed by atoms with Crippen molar-refractivity contribution in [3.8, 4) is 0 Å². The third-order valence-corrected chi connectivity index (χ3v) is 4.65. The lowest BCUT2D eigenvalue weighted by Gasteiger charge is -2.31. The highest BCUT2D eigenvalue weighted by Gasteiger charge is 2.29. The summed E-state index contributed by atoms with van der Waals surface area (Å²) >= 11 is 1.53. The molecule has 1 N–H and O–H groups in total. The molecule has 0 spiro atoms. The monoisotopic (exact) mass is 359 g/mol. The topological polar surface area (TPSA) is 90.6 Å². The van der Waals surface area contributed by atoms with Crippen LogP contribution in [0.4, 0.5) is 0 Å². The third-order valence-electron chi connectivity index (χ3n) is 4.02. The minimum atomic E-state index is -0.236. The van der Waals surface area contributed by atoms with Crippen LogP contribution >= 0.6 is 11.3 Å². The van der Waals surface area contributed by atoms with Crippen LogP contribution in [0.3, 0.4) is 0 Å². The fraction of sp³-hybridized carbons (Fsp3) is 0.375. The Hall–Kier alpha value is -2.36. The highest BCUT2D eigenvalue weighted by molar-refractivity contribution is 7.07. The van der Waals surface area contributed by atoms with E-state index in [2.05, 4.69) is 20.4 Å². The second-order valence-corrected chi connectivity index (χ2v) is 6.44. The average Bonchev–Trinajstić information content (AvgIpc) is 3.30. The van der Waals surface area contributed by atoms with Gasteiger partial charge in [0.15, 0.2) is 11.3 Å². The number of thiazole rings is 1. The molecule has 4 heterocycles. The Bertz CT molecular complexity index is 817. The van der Waals surface area contributed by atoms with Gasteiger partial charge in [0.05, 0.1) is 30.5 Å². The minimum absolute atomic E-state index is 0.127. The fourth-order valence-electron chi connectivity index (χ4n) is 2.73. The van der Waals surface area contributed by atoms with E-state index in [0.717, 1.165) is 5.69 Å². The maximum atomic E-state index is 12.5. The van der Waals surface area contributed by atoms with Gasteiger partial charge in [-0.05, 0) is 12.5 Å². The molecule has 0 radical (unpaired) electrons. The first kappa shape index (κ1) is 16.1. The first-order valence-electron chi connectivity index (χ1n) is 7.97. The van der Waals surface area contributed by atoms with Crippen molar-refractivity contribution in [2.75, 3.05) is 13.2 Å². The van der Waals surface area contributed by atoms with Crippen LogP contribution in [0.15, 0.2) is 35.4 Å². The van der Waals surface area contributed by atoms with Crippen molar-refractivity contribution in [2.24, 2.45) is 0 Å². The van der Waals surface area contributed by atoms with Crippen LogP contribution in [0.1, 0.15) is 22.6 Å². The summed E-state index contributed by atoms with van der Waals surface area (Å²) in [6.07, 6.45) is 3.90. The van der Waals surface area contributed by atoms with E-state index in [0.29, 0.717) is 37.6 Å². The first-order valence-corrected chi connectivity index (χ1v) is 8.91. The molecule has 130 valence electrons. The van der Waals surface area contributed by atoms with Crippen molar-refractivity contribution in [3.05, 3.63) is 46.8 Å². The summed E-state index contributed by atoms with van der Waals surface area (Å²) in [5.41, 5.74) is 3.62. The molecule has 1 amide bonds. The number of fused-ring (bicyclic) bond motifs is 1. The van der Waals surface area contributed by atoms with Crippen molar-refractivity contribution in [1.82, 2.24) is 24.9 Å². The zero-order valence-electron chi connectivity index (χ0n) is 13.4.